The predicted molar refractivity (Wildman–Crippen MR) is 303 cm³/mol. The minimum atomic E-state index is -0.242. The zero-order valence-corrected chi connectivity index (χ0v) is 34.0. The average Bonchev–Trinajstić information content (AvgIpc) is 3.26. The van der Waals surface area contributed by atoms with Gasteiger partial charge in [0, 0.05) is 0 Å². The molecule has 0 fully saturated rings. The van der Waals surface area contributed by atoms with Crippen molar-refractivity contribution in [1.29, 1.82) is 0 Å². The van der Waals surface area contributed by atoms with Crippen LogP contribution in [0.3, 0.4) is 0 Å². The standard InChI is InChI=1S/C38B26/c39-13-7(22(48)28(54)23(49)9(13)10-24(50)33(59)37(63)34(60)25(10)51)1-3-5(16(42)31(57)29(55)14(3)40)2(6-4(1)15(41)30(56)32(58)17(6)43)8-18(44)20(46)11(21(47)19(8)45)12-26(52)35(61)38(64)36(62)27(12)53. The van der Waals surface area contributed by atoms with E-state index in [2.05, 4.69) is 0 Å². The van der Waals surface area contributed by atoms with Gasteiger partial charge in [0.2, 0.25) is 0 Å². The van der Waals surface area contributed by atoms with Crippen molar-refractivity contribution in [2.24, 2.45) is 0 Å². The fourth-order valence-electron chi connectivity index (χ4n) is 8.42. The zero-order valence-electron chi connectivity index (χ0n) is 34.0. The SMILES string of the molecule is [B]c1c([B])c([B])c(-c2c([B])c([B])c(-c3c4c([B])c([B])c([B])c([B])c4c(-c4c([B])c([B])c([B])c(-c5c([B])c([B])c([B])c([B])c5[B])c4[B])c4c([B])c([B])c([B])c([B])c34)c([B])c2[B])c([B])c1[B]. The lowest BCUT2D eigenvalue weighted by Gasteiger charge is -2.34. The molecule has 0 saturated carbocycles. The first-order chi connectivity index (χ1) is 29.7. The van der Waals surface area contributed by atoms with Gasteiger partial charge in [0.15, 0.2) is 0 Å². The largest absolute Gasteiger partial charge is 0.115 e. The number of fused-ring (bicyclic) bond motifs is 2. The molecular formula is C38B26. The van der Waals surface area contributed by atoms with E-state index in [1.807, 2.05) is 0 Å². The van der Waals surface area contributed by atoms with Gasteiger partial charge in [-0.05, 0) is 66.1 Å². The third-order valence-electron chi connectivity index (χ3n) is 12.0. The first-order valence-corrected chi connectivity index (χ1v) is 18.5. The Morgan fingerprint density at radius 3 is 0.422 bits per heavy atom. The van der Waals surface area contributed by atoms with Gasteiger partial charge in [0.05, 0.1) is 0 Å². The number of hydrogen-bond acceptors (Lipinski definition) is 0. The van der Waals surface area contributed by atoms with Crippen LogP contribution in [0.5, 0.6) is 0 Å². The van der Waals surface area contributed by atoms with Gasteiger partial charge in [-0.2, -0.15) is 0 Å². The highest BCUT2D eigenvalue weighted by Gasteiger charge is 2.30. The highest BCUT2D eigenvalue weighted by molar-refractivity contribution is 6.76. The summed E-state index contributed by atoms with van der Waals surface area (Å²) in [6, 6.07) is 0. The second-order valence-corrected chi connectivity index (χ2v) is 15.3. The minimum absolute atomic E-state index is 0.00986. The Balaban J connectivity index is 1.83. The third-order valence-corrected chi connectivity index (χ3v) is 12.0. The lowest BCUT2D eigenvalue weighted by molar-refractivity contribution is 1.81. The van der Waals surface area contributed by atoms with Crippen LogP contribution in [0.15, 0.2) is 0 Å². The molecule has 0 atom stereocenters. The molecule has 52 radical (unpaired) electrons. The van der Waals surface area contributed by atoms with Crippen LogP contribution in [0.1, 0.15) is 0 Å². The van der Waals surface area contributed by atoms with Crippen LogP contribution in [0.4, 0.5) is 0 Å². The average molecular weight is 738 g/mol. The Labute approximate surface area is 409 Å². The number of benzene rings is 7. The highest BCUT2D eigenvalue weighted by atomic mass is 14.3. The van der Waals surface area contributed by atoms with Crippen molar-refractivity contribution in [3.05, 3.63) is 0 Å². The van der Waals surface area contributed by atoms with Crippen LogP contribution in [-0.4, -0.2) is 204 Å². The molecule has 0 aliphatic heterocycles. The smallest absolute Gasteiger partial charge is 0.112 e. The van der Waals surface area contributed by atoms with Gasteiger partial charge in [-0.1, -0.05) is 81.9 Å². The van der Waals surface area contributed by atoms with Crippen molar-refractivity contribution < 1.29 is 0 Å². The fraction of sp³-hybridized carbons (Fsp3) is 0. The Hall–Kier alpha value is -3.25. The van der Waals surface area contributed by atoms with E-state index < -0.39 is 0 Å². The summed E-state index contributed by atoms with van der Waals surface area (Å²) >= 11 is 0. The van der Waals surface area contributed by atoms with Crippen LogP contribution in [-0.2, 0) is 0 Å². The van der Waals surface area contributed by atoms with Gasteiger partial charge in [0.1, 0.15) is 204 Å². The molecule has 0 aromatic heterocycles. The summed E-state index contributed by atoms with van der Waals surface area (Å²) in [4.78, 5) is 0. The Morgan fingerprint density at radius 2 is 0.203 bits per heavy atom. The highest BCUT2D eigenvalue weighted by Crippen LogP contribution is 2.39. The lowest BCUT2D eigenvalue weighted by Crippen LogP contribution is -2.57. The number of rotatable bonds is 4. The molecule has 26 heteroatoms. The monoisotopic (exact) mass is 742 g/mol. The van der Waals surface area contributed by atoms with Crippen molar-refractivity contribution >= 4 is 368 Å². The molecule has 7 aromatic carbocycles. The quantitative estimate of drug-likeness (QED) is 0.125. The van der Waals surface area contributed by atoms with E-state index in [4.69, 9.17) is 204 Å². The Kier molecular flexibility index (Phi) is 12.8. The van der Waals surface area contributed by atoms with Gasteiger partial charge < -0.3 is 0 Å². The van der Waals surface area contributed by atoms with E-state index >= 15 is 0 Å². The summed E-state index contributed by atoms with van der Waals surface area (Å²) in [5, 5.41) is -0.105. The van der Waals surface area contributed by atoms with E-state index in [0.29, 0.717) is 0 Å². The molecule has 0 nitrogen and oxygen atoms in total. The molecule has 0 amide bonds. The van der Waals surface area contributed by atoms with E-state index in [9.17, 15) is 0 Å². The van der Waals surface area contributed by atoms with Gasteiger partial charge in [-0.25, -0.2) is 0 Å². The molecule has 7 rings (SSSR count). The lowest BCUT2D eigenvalue weighted by atomic mass is 9.54. The maximum absolute atomic E-state index is 7.14. The molecule has 0 saturated heterocycles. The molecule has 0 heterocycles. The summed E-state index contributed by atoms with van der Waals surface area (Å²) in [6.07, 6.45) is 0. The Morgan fingerprint density at radius 1 is 0.0938 bits per heavy atom. The first-order valence-electron chi connectivity index (χ1n) is 18.5. The second-order valence-electron chi connectivity index (χ2n) is 15.3. The minimum Gasteiger partial charge on any atom is -0.112 e. The molecule has 230 valence electrons. The maximum atomic E-state index is 7.14. The first kappa shape index (κ1) is 48.7. The van der Waals surface area contributed by atoms with Crippen molar-refractivity contribution in [2.45, 2.75) is 0 Å². The molecule has 0 spiro atoms. The molecule has 0 aliphatic rings. The number of hydrogen-bond donors (Lipinski definition) is 0. The molecular weight excluding hydrogens is 738 g/mol. The molecule has 0 bridgehead atoms. The fourth-order valence-corrected chi connectivity index (χ4v) is 8.42. The van der Waals surface area contributed by atoms with Crippen molar-refractivity contribution in [2.75, 3.05) is 0 Å². The van der Waals surface area contributed by atoms with E-state index in [-0.39, 0.29) is 208 Å². The molecule has 64 heavy (non-hydrogen) atoms. The van der Waals surface area contributed by atoms with Crippen LogP contribution in [0, 0.1) is 0 Å². The summed E-state index contributed by atoms with van der Waals surface area (Å²) in [5.41, 5.74) is -4.98. The van der Waals surface area contributed by atoms with Crippen molar-refractivity contribution in [3.8, 4) is 44.5 Å². The van der Waals surface area contributed by atoms with Crippen LogP contribution >= 0.6 is 0 Å². The summed E-state index contributed by atoms with van der Waals surface area (Å²) in [6.45, 7) is 0. The Bertz CT molecular complexity index is 3170. The molecule has 7 aromatic rings. The van der Waals surface area contributed by atoms with Gasteiger partial charge in [0.25, 0.3) is 0 Å². The maximum Gasteiger partial charge on any atom is 0.115 e. The van der Waals surface area contributed by atoms with Crippen molar-refractivity contribution in [1.82, 2.24) is 0 Å². The third kappa shape index (κ3) is 6.57. The van der Waals surface area contributed by atoms with Crippen molar-refractivity contribution in [3.63, 3.8) is 0 Å². The van der Waals surface area contributed by atoms with Crippen LogP contribution in [0.2, 0.25) is 0 Å². The van der Waals surface area contributed by atoms with Gasteiger partial charge in [-0.15, -0.1) is 60.1 Å². The van der Waals surface area contributed by atoms with Crippen LogP contribution < -0.4 is 142 Å². The van der Waals surface area contributed by atoms with Gasteiger partial charge >= 0.3 is 0 Å². The topological polar surface area (TPSA) is 0 Å². The van der Waals surface area contributed by atoms with Crippen LogP contribution in [0.25, 0.3) is 66.1 Å². The van der Waals surface area contributed by atoms with E-state index in [1.165, 1.54) is 0 Å². The zero-order chi connectivity index (χ0) is 47.9. The summed E-state index contributed by atoms with van der Waals surface area (Å²) in [7, 11) is 172. The van der Waals surface area contributed by atoms with E-state index in [1.54, 1.807) is 0 Å². The molecule has 0 N–H and O–H groups in total. The summed E-state index contributed by atoms with van der Waals surface area (Å²) in [5.74, 6) is 0. The summed E-state index contributed by atoms with van der Waals surface area (Å²) < 4.78 is 0. The normalized spacial score (nSPS) is 11.5. The molecule has 0 aliphatic carbocycles. The predicted octanol–water partition coefficient (Wildman–Crippen LogP) is -20.7. The van der Waals surface area contributed by atoms with E-state index in [0.717, 1.165) is 0 Å². The molecule has 0 unspecified atom stereocenters. The van der Waals surface area contributed by atoms with Gasteiger partial charge in [-0.3, -0.25) is 0 Å². The second kappa shape index (κ2) is 16.8.